The van der Waals surface area contributed by atoms with Crippen LogP contribution >= 0.6 is 0 Å². The number of benzene rings is 1. The van der Waals surface area contributed by atoms with Gasteiger partial charge in [-0.1, -0.05) is 12.1 Å². The average molecular weight is 238 g/mol. The molecule has 90 valence electrons. The van der Waals surface area contributed by atoms with Crippen molar-refractivity contribution in [1.82, 2.24) is 14.4 Å². The summed E-state index contributed by atoms with van der Waals surface area (Å²) < 4.78 is 2.05. The van der Waals surface area contributed by atoms with Crippen LogP contribution in [0.15, 0.2) is 36.5 Å². The van der Waals surface area contributed by atoms with Crippen molar-refractivity contribution in [2.24, 2.45) is 0 Å². The highest BCUT2D eigenvalue weighted by Gasteiger charge is 2.14. The molecule has 0 aliphatic carbocycles. The Morgan fingerprint density at radius 3 is 2.67 bits per heavy atom. The number of para-hydroxylation sites is 2. The molecule has 0 unspecified atom stereocenters. The molecule has 2 aromatic heterocycles. The Balaban J connectivity index is 1.92. The summed E-state index contributed by atoms with van der Waals surface area (Å²) in [5.41, 5.74) is 2.12. The van der Waals surface area contributed by atoms with Crippen molar-refractivity contribution in [3.05, 3.63) is 36.5 Å². The first kappa shape index (κ1) is 9.88. The highest BCUT2D eigenvalue weighted by molar-refractivity contribution is 5.79. The molecular weight excluding hydrogens is 224 g/mol. The van der Waals surface area contributed by atoms with E-state index in [0.717, 1.165) is 35.7 Å². The zero-order chi connectivity index (χ0) is 11.9. The molecule has 0 bridgehead atoms. The second kappa shape index (κ2) is 3.70. The lowest BCUT2D eigenvalue weighted by atomic mass is 10.3. The molecule has 0 radical (unpaired) electrons. The minimum atomic E-state index is 0.792. The highest BCUT2D eigenvalue weighted by atomic mass is 15.2. The van der Waals surface area contributed by atoms with Crippen molar-refractivity contribution in [2.45, 2.75) is 12.8 Å². The van der Waals surface area contributed by atoms with E-state index in [4.69, 9.17) is 0 Å². The Hall–Kier alpha value is -2.10. The van der Waals surface area contributed by atoms with E-state index in [9.17, 15) is 0 Å². The van der Waals surface area contributed by atoms with Crippen LogP contribution in [0.3, 0.4) is 0 Å². The van der Waals surface area contributed by atoms with Crippen molar-refractivity contribution in [3.63, 3.8) is 0 Å². The van der Waals surface area contributed by atoms with E-state index in [1.807, 2.05) is 18.2 Å². The molecule has 0 spiro atoms. The number of hydrogen-bond donors (Lipinski definition) is 0. The van der Waals surface area contributed by atoms with Crippen LogP contribution in [0.2, 0.25) is 0 Å². The lowest BCUT2D eigenvalue weighted by molar-refractivity contribution is 0.930. The topological polar surface area (TPSA) is 33.4 Å². The number of hydrogen-bond acceptors (Lipinski definition) is 3. The van der Waals surface area contributed by atoms with Gasteiger partial charge in [-0.25, -0.2) is 4.98 Å². The third kappa shape index (κ3) is 1.38. The van der Waals surface area contributed by atoms with E-state index in [1.54, 1.807) is 0 Å². The first-order valence-corrected chi connectivity index (χ1v) is 6.41. The summed E-state index contributed by atoms with van der Waals surface area (Å²) in [6.45, 7) is 2.23. The lowest BCUT2D eigenvalue weighted by Crippen LogP contribution is -2.19. The molecule has 4 rings (SSSR count). The van der Waals surface area contributed by atoms with Gasteiger partial charge in [0.2, 0.25) is 5.78 Å². The maximum atomic E-state index is 4.67. The quantitative estimate of drug-likeness (QED) is 0.653. The fourth-order valence-corrected chi connectivity index (χ4v) is 2.66. The normalized spacial score (nSPS) is 15.9. The predicted molar refractivity (Wildman–Crippen MR) is 71.9 cm³/mol. The molecule has 1 aromatic carbocycles. The SMILES string of the molecule is c1ccc2c(c1)nc1nc(N3CCCC3)ccn12. The Labute approximate surface area is 105 Å². The summed E-state index contributed by atoms with van der Waals surface area (Å²) in [6.07, 6.45) is 4.61. The van der Waals surface area contributed by atoms with Gasteiger partial charge in [0.25, 0.3) is 0 Å². The minimum absolute atomic E-state index is 0.792. The third-order valence-electron chi connectivity index (χ3n) is 3.59. The van der Waals surface area contributed by atoms with Crippen LogP contribution in [0.4, 0.5) is 5.82 Å². The highest BCUT2D eigenvalue weighted by Crippen LogP contribution is 2.20. The molecule has 3 aromatic rings. The van der Waals surface area contributed by atoms with Gasteiger partial charge in [0.1, 0.15) is 5.82 Å². The first-order valence-electron chi connectivity index (χ1n) is 6.41. The molecule has 18 heavy (non-hydrogen) atoms. The summed E-state index contributed by atoms with van der Waals surface area (Å²) in [7, 11) is 0. The molecule has 3 heterocycles. The fourth-order valence-electron chi connectivity index (χ4n) is 2.66. The van der Waals surface area contributed by atoms with E-state index in [0.29, 0.717) is 0 Å². The van der Waals surface area contributed by atoms with Crippen LogP contribution in [0.5, 0.6) is 0 Å². The molecule has 0 saturated carbocycles. The van der Waals surface area contributed by atoms with Crippen molar-refractivity contribution >= 4 is 22.6 Å². The van der Waals surface area contributed by atoms with E-state index in [2.05, 4.69) is 37.6 Å². The summed E-state index contributed by atoms with van der Waals surface area (Å²) in [4.78, 5) is 11.6. The van der Waals surface area contributed by atoms with Crippen LogP contribution in [-0.2, 0) is 0 Å². The molecule has 0 amide bonds. The van der Waals surface area contributed by atoms with Crippen molar-refractivity contribution in [2.75, 3.05) is 18.0 Å². The lowest BCUT2D eigenvalue weighted by Gasteiger charge is -2.15. The molecule has 1 aliphatic heterocycles. The van der Waals surface area contributed by atoms with Crippen molar-refractivity contribution in [1.29, 1.82) is 0 Å². The van der Waals surface area contributed by atoms with E-state index in [-0.39, 0.29) is 0 Å². The van der Waals surface area contributed by atoms with Crippen LogP contribution in [0, 0.1) is 0 Å². The summed E-state index contributed by atoms with van der Waals surface area (Å²) in [5.74, 6) is 1.84. The fraction of sp³-hybridized carbons (Fsp3) is 0.286. The van der Waals surface area contributed by atoms with E-state index < -0.39 is 0 Å². The second-order valence-electron chi connectivity index (χ2n) is 4.75. The summed E-state index contributed by atoms with van der Waals surface area (Å²) >= 11 is 0. The van der Waals surface area contributed by atoms with Crippen LogP contribution in [-0.4, -0.2) is 27.5 Å². The van der Waals surface area contributed by atoms with E-state index >= 15 is 0 Å². The Bertz CT molecular complexity index is 710. The molecule has 0 atom stereocenters. The van der Waals surface area contributed by atoms with Gasteiger partial charge in [0, 0.05) is 19.3 Å². The molecule has 4 nitrogen and oxygen atoms in total. The summed E-state index contributed by atoms with van der Waals surface area (Å²) in [5, 5.41) is 0. The van der Waals surface area contributed by atoms with Crippen molar-refractivity contribution < 1.29 is 0 Å². The van der Waals surface area contributed by atoms with Crippen LogP contribution in [0.1, 0.15) is 12.8 Å². The standard InChI is InChI=1S/C14H14N4/c1-2-6-12-11(5-1)15-14-16-13(7-10-18(12)14)17-8-3-4-9-17/h1-2,5-7,10H,3-4,8-9H2. The van der Waals surface area contributed by atoms with Gasteiger partial charge in [0.15, 0.2) is 0 Å². The largest absolute Gasteiger partial charge is 0.356 e. The molecule has 0 N–H and O–H groups in total. The van der Waals surface area contributed by atoms with Crippen LogP contribution in [0.25, 0.3) is 16.8 Å². The molecular formula is C14H14N4. The van der Waals surface area contributed by atoms with Gasteiger partial charge < -0.3 is 4.90 Å². The van der Waals surface area contributed by atoms with Crippen molar-refractivity contribution in [3.8, 4) is 0 Å². The first-order chi connectivity index (χ1) is 8.92. The number of nitrogens with zero attached hydrogens (tertiary/aromatic N) is 4. The maximum absolute atomic E-state index is 4.67. The van der Waals surface area contributed by atoms with Crippen LogP contribution < -0.4 is 4.90 Å². The predicted octanol–water partition coefficient (Wildman–Crippen LogP) is 2.48. The number of aromatic nitrogens is 3. The smallest absolute Gasteiger partial charge is 0.236 e. The zero-order valence-electron chi connectivity index (χ0n) is 10.1. The number of rotatable bonds is 1. The average Bonchev–Trinajstić information content (AvgIpc) is 3.05. The Morgan fingerprint density at radius 2 is 1.78 bits per heavy atom. The number of imidazole rings is 1. The van der Waals surface area contributed by atoms with Gasteiger partial charge in [-0.2, -0.15) is 4.98 Å². The van der Waals surface area contributed by atoms with Gasteiger partial charge in [-0.15, -0.1) is 0 Å². The van der Waals surface area contributed by atoms with Gasteiger partial charge in [-0.3, -0.25) is 4.40 Å². The molecule has 1 saturated heterocycles. The van der Waals surface area contributed by atoms with Gasteiger partial charge in [-0.05, 0) is 31.0 Å². The van der Waals surface area contributed by atoms with E-state index in [1.165, 1.54) is 12.8 Å². The zero-order valence-corrected chi connectivity index (χ0v) is 10.1. The third-order valence-corrected chi connectivity index (χ3v) is 3.59. The monoisotopic (exact) mass is 238 g/mol. The summed E-state index contributed by atoms with van der Waals surface area (Å²) in [6, 6.07) is 10.2. The molecule has 1 aliphatic rings. The minimum Gasteiger partial charge on any atom is -0.356 e. The maximum Gasteiger partial charge on any atom is 0.236 e. The molecule has 1 fully saturated rings. The Morgan fingerprint density at radius 1 is 0.944 bits per heavy atom. The number of fused-ring (bicyclic) bond motifs is 3. The molecule has 4 heteroatoms. The van der Waals surface area contributed by atoms with Gasteiger partial charge >= 0.3 is 0 Å². The van der Waals surface area contributed by atoms with Gasteiger partial charge in [0.05, 0.1) is 11.0 Å². The Kier molecular flexibility index (Phi) is 2.03. The number of anilines is 1. The second-order valence-corrected chi connectivity index (χ2v) is 4.75.